The molecule has 7 heteroatoms. The normalized spacial score (nSPS) is 20.8. The number of carbonyl (C=O) groups is 2. The standard InChI is InChI=1S/C20H26ClN3O3/c1-2-27-19(25)17-16(12-22-15-6-4-3-5-7-15)23-20(26)24-18(17)13-8-10-14(21)11-9-13/h8-11,15,18,22H,2-7,12H2,1H3,(H2,23,24,26)/t18-/m1/s1. The summed E-state index contributed by atoms with van der Waals surface area (Å²) in [7, 11) is 0. The summed E-state index contributed by atoms with van der Waals surface area (Å²) in [5.41, 5.74) is 1.79. The van der Waals surface area contributed by atoms with Gasteiger partial charge in [0.25, 0.3) is 0 Å². The van der Waals surface area contributed by atoms with Gasteiger partial charge in [-0.25, -0.2) is 9.59 Å². The number of nitrogens with one attached hydrogen (secondary N) is 3. The Hall–Kier alpha value is -2.05. The first kappa shape index (κ1) is 19.7. The predicted octanol–water partition coefficient (Wildman–Crippen LogP) is 3.43. The highest BCUT2D eigenvalue weighted by molar-refractivity contribution is 6.30. The average molecular weight is 392 g/mol. The monoisotopic (exact) mass is 391 g/mol. The van der Waals surface area contributed by atoms with Crippen LogP contribution >= 0.6 is 11.6 Å². The van der Waals surface area contributed by atoms with Crippen LogP contribution in [0, 0.1) is 0 Å². The Balaban J connectivity index is 1.88. The summed E-state index contributed by atoms with van der Waals surface area (Å²) < 4.78 is 5.27. The molecule has 0 unspecified atom stereocenters. The fourth-order valence-corrected chi connectivity index (χ4v) is 3.79. The van der Waals surface area contributed by atoms with E-state index in [1.807, 2.05) is 12.1 Å². The van der Waals surface area contributed by atoms with E-state index in [9.17, 15) is 9.59 Å². The van der Waals surface area contributed by atoms with Crippen LogP contribution in [0.15, 0.2) is 35.5 Å². The number of carbonyl (C=O) groups excluding carboxylic acids is 2. The van der Waals surface area contributed by atoms with Crippen LogP contribution in [-0.4, -0.2) is 31.2 Å². The highest BCUT2D eigenvalue weighted by Crippen LogP contribution is 2.29. The van der Waals surface area contributed by atoms with Crippen LogP contribution in [0.25, 0.3) is 0 Å². The number of hydrogen-bond donors (Lipinski definition) is 3. The van der Waals surface area contributed by atoms with Crippen LogP contribution < -0.4 is 16.0 Å². The van der Waals surface area contributed by atoms with Gasteiger partial charge in [0.05, 0.1) is 18.2 Å². The maximum absolute atomic E-state index is 12.7. The summed E-state index contributed by atoms with van der Waals surface area (Å²) >= 11 is 5.98. The summed E-state index contributed by atoms with van der Waals surface area (Å²) in [4.78, 5) is 24.9. The van der Waals surface area contributed by atoms with Crippen LogP contribution in [0.1, 0.15) is 50.6 Å². The van der Waals surface area contributed by atoms with Crippen LogP contribution in [0.4, 0.5) is 4.79 Å². The lowest BCUT2D eigenvalue weighted by Gasteiger charge is -2.31. The van der Waals surface area contributed by atoms with Gasteiger partial charge in [-0.15, -0.1) is 0 Å². The Morgan fingerprint density at radius 3 is 2.59 bits per heavy atom. The Labute approximate surface area is 164 Å². The molecule has 146 valence electrons. The molecule has 3 rings (SSSR count). The third-order valence-electron chi connectivity index (χ3n) is 5.03. The molecule has 0 saturated heterocycles. The summed E-state index contributed by atoms with van der Waals surface area (Å²) in [6, 6.07) is 6.62. The summed E-state index contributed by atoms with van der Waals surface area (Å²) in [6.45, 7) is 2.47. The molecule has 1 aliphatic heterocycles. The van der Waals surface area contributed by atoms with Crippen molar-refractivity contribution in [3.63, 3.8) is 0 Å². The SMILES string of the molecule is CCOC(=O)C1=C(CNC2CCCCC2)NC(=O)N[C@@H]1c1ccc(Cl)cc1. The topological polar surface area (TPSA) is 79.5 Å². The maximum atomic E-state index is 12.7. The van der Waals surface area contributed by atoms with Crippen LogP contribution in [-0.2, 0) is 9.53 Å². The van der Waals surface area contributed by atoms with Crippen molar-refractivity contribution in [2.75, 3.05) is 13.2 Å². The fourth-order valence-electron chi connectivity index (χ4n) is 3.67. The highest BCUT2D eigenvalue weighted by Gasteiger charge is 2.33. The fraction of sp³-hybridized carbons (Fsp3) is 0.500. The van der Waals surface area contributed by atoms with Crippen molar-refractivity contribution in [1.29, 1.82) is 0 Å². The lowest BCUT2D eigenvalue weighted by atomic mass is 9.93. The third-order valence-corrected chi connectivity index (χ3v) is 5.28. The highest BCUT2D eigenvalue weighted by atomic mass is 35.5. The first-order chi connectivity index (χ1) is 13.1. The molecule has 1 aliphatic carbocycles. The minimum atomic E-state index is -0.571. The first-order valence-corrected chi connectivity index (χ1v) is 9.92. The smallest absolute Gasteiger partial charge is 0.338 e. The third kappa shape index (κ3) is 5.02. The van der Waals surface area contributed by atoms with E-state index < -0.39 is 12.0 Å². The number of halogens is 1. The minimum absolute atomic E-state index is 0.271. The molecular weight excluding hydrogens is 366 g/mol. The summed E-state index contributed by atoms with van der Waals surface area (Å²) in [5.74, 6) is -0.426. The van der Waals surface area contributed by atoms with Gasteiger partial charge in [-0.2, -0.15) is 0 Å². The van der Waals surface area contributed by atoms with E-state index in [1.54, 1.807) is 19.1 Å². The van der Waals surface area contributed by atoms with Crippen molar-refractivity contribution in [2.45, 2.75) is 51.1 Å². The van der Waals surface area contributed by atoms with E-state index in [1.165, 1.54) is 19.3 Å². The molecule has 2 amide bonds. The van der Waals surface area contributed by atoms with E-state index in [-0.39, 0.29) is 12.6 Å². The van der Waals surface area contributed by atoms with Gasteiger partial charge in [-0.3, -0.25) is 0 Å². The lowest BCUT2D eigenvalue weighted by Crippen LogP contribution is -2.49. The number of esters is 1. The molecule has 1 atom stereocenters. The zero-order chi connectivity index (χ0) is 19.2. The van der Waals surface area contributed by atoms with Crippen molar-refractivity contribution >= 4 is 23.6 Å². The zero-order valence-corrected chi connectivity index (χ0v) is 16.3. The number of ether oxygens (including phenoxy) is 1. The second-order valence-corrected chi connectivity index (χ2v) is 7.35. The predicted molar refractivity (Wildman–Crippen MR) is 104 cm³/mol. The first-order valence-electron chi connectivity index (χ1n) is 9.55. The molecule has 0 bridgehead atoms. The van der Waals surface area contributed by atoms with E-state index in [4.69, 9.17) is 16.3 Å². The minimum Gasteiger partial charge on any atom is -0.463 e. The average Bonchev–Trinajstić information content (AvgIpc) is 2.67. The van der Waals surface area contributed by atoms with Gasteiger partial charge in [0.2, 0.25) is 0 Å². The van der Waals surface area contributed by atoms with Gasteiger partial charge in [-0.1, -0.05) is 43.0 Å². The number of amides is 2. The molecule has 27 heavy (non-hydrogen) atoms. The number of rotatable bonds is 6. The van der Waals surface area contributed by atoms with Crippen LogP contribution in [0.2, 0.25) is 5.02 Å². The largest absolute Gasteiger partial charge is 0.463 e. The van der Waals surface area contributed by atoms with Gasteiger partial charge in [0.15, 0.2) is 0 Å². The van der Waals surface area contributed by atoms with Gasteiger partial charge < -0.3 is 20.7 Å². The van der Waals surface area contributed by atoms with Gasteiger partial charge >= 0.3 is 12.0 Å². The van der Waals surface area contributed by atoms with Gasteiger partial charge in [-0.05, 0) is 37.5 Å². The second-order valence-electron chi connectivity index (χ2n) is 6.91. The van der Waals surface area contributed by atoms with Crippen molar-refractivity contribution in [3.05, 3.63) is 46.1 Å². The van der Waals surface area contributed by atoms with Gasteiger partial charge in [0, 0.05) is 23.3 Å². The Kier molecular flexibility index (Phi) is 6.74. The van der Waals surface area contributed by atoms with E-state index in [2.05, 4.69) is 16.0 Å². The van der Waals surface area contributed by atoms with Crippen LogP contribution in [0.5, 0.6) is 0 Å². The van der Waals surface area contributed by atoms with Crippen molar-refractivity contribution in [1.82, 2.24) is 16.0 Å². The molecule has 1 aromatic rings. The molecule has 0 spiro atoms. The zero-order valence-electron chi connectivity index (χ0n) is 15.5. The molecule has 6 nitrogen and oxygen atoms in total. The molecule has 1 heterocycles. The number of hydrogen-bond acceptors (Lipinski definition) is 4. The molecule has 3 N–H and O–H groups in total. The maximum Gasteiger partial charge on any atom is 0.338 e. The quantitative estimate of drug-likeness (QED) is 0.649. The second kappa shape index (κ2) is 9.24. The van der Waals surface area contributed by atoms with Crippen molar-refractivity contribution < 1.29 is 14.3 Å². The van der Waals surface area contributed by atoms with E-state index in [0.717, 1.165) is 18.4 Å². The Morgan fingerprint density at radius 2 is 1.93 bits per heavy atom. The molecule has 0 radical (unpaired) electrons. The number of benzene rings is 1. The molecule has 1 fully saturated rings. The molecule has 2 aliphatic rings. The summed E-state index contributed by atoms with van der Waals surface area (Å²) in [5, 5.41) is 9.71. The molecule has 1 saturated carbocycles. The molecular formula is C20H26ClN3O3. The van der Waals surface area contributed by atoms with Crippen LogP contribution in [0.3, 0.4) is 0 Å². The Morgan fingerprint density at radius 1 is 1.22 bits per heavy atom. The van der Waals surface area contributed by atoms with Crippen molar-refractivity contribution in [3.8, 4) is 0 Å². The van der Waals surface area contributed by atoms with Gasteiger partial charge in [0.1, 0.15) is 0 Å². The van der Waals surface area contributed by atoms with Crippen molar-refractivity contribution in [2.24, 2.45) is 0 Å². The number of urea groups is 1. The Bertz CT molecular complexity index is 712. The van der Waals surface area contributed by atoms with E-state index >= 15 is 0 Å². The molecule has 1 aromatic carbocycles. The lowest BCUT2D eigenvalue weighted by molar-refractivity contribution is -0.139. The molecule has 0 aromatic heterocycles. The summed E-state index contributed by atoms with van der Waals surface area (Å²) in [6.07, 6.45) is 5.93. The van der Waals surface area contributed by atoms with E-state index in [0.29, 0.717) is 28.9 Å².